The van der Waals surface area contributed by atoms with E-state index in [-0.39, 0.29) is 29.6 Å². The lowest BCUT2D eigenvalue weighted by atomic mass is 10.2. The summed E-state index contributed by atoms with van der Waals surface area (Å²) in [5.41, 5.74) is 0.873. The number of carbonyl (C=O) groups is 1. The van der Waals surface area contributed by atoms with Crippen molar-refractivity contribution in [3.63, 3.8) is 0 Å². The molecule has 144 valence electrons. The number of benzene rings is 2. The average molecular weight is 397 g/mol. The van der Waals surface area contributed by atoms with E-state index in [2.05, 4.69) is 11.6 Å². The largest absolute Gasteiger partial charge is 0.341 e. The maximum Gasteiger partial charge on any atom is 0.262 e. The minimum atomic E-state index is -0.342. The molecule has 0 saturated heterocycles. The van der Waals surface area contributed by atoms with Gasteiger partial charge in [-0.15, -0.1) is 6.58 Å². The molecule has 28 heavy (non-hydrogen) atoms. The van der Waals surface area contributed by atoms with E-state index in [9.17, 15) is 14.0 Å². The highest BCUT2D eigenvalue weighted by atomic mass is 32.2. The Balaban J connectivity index is 1.78. The molecular weight excluding hydrogens is 377 g/mol. The van der Waals surface area contributed by atoms with Crippen molar-refractivity contribution >= 4 is 28.6 Å². The van der Waals surface area contributed by atoms with Gasteiger partial charge in [-0.2, -0.15) is 0 Å². The molecule has 3 aromatic rings. The van der Waals surface area contributed by atoms with Crippen LogP contribution in [0, 0.1) is 5.82 Å². The molecule has 0 aliphatic rings. The number of aromatic nitrogens is 2. The van der Waals surface area contributed by atoms with Gasteiger partial charge in [0.25, 0.3) is 5.56 Å². The van der Waals surface area contributed by atoms with E-state index in [4.69, 9.17) is 0 Å². The second-order valence-electron chi connectivity index (χ2n) is 6.25. The van der Waals surface area contributed by atoms with E-state index in [1.54, 1.807) is 49.5 Å². The zero-order valence-corrected chi connectivity index (χ0v) is 16.3. The van der Waals surface area contributed by atoms with Gasteiger partial charge in [-0.05, 0) is 18.2 Å². The number of carbonyl (C=O) groups excluding carboxylic acids is 1. The second kappa shape index (κ2) is 8.84. The topological polar surface area (TPSA) is 55.2 Å². The number of fused-ring (bicyclic) bond motifs is 1. The lowest BCUT2D eigenvalue weighted by Gasteiger charge is -2.18. The van der Waals surface area contributed by atoms with Crippen molar-refractivity contribution < 1.29 is 9.18 Å². The Morgan fingerprint density at radius 2 is 1.96 bits per heavy atom. The summed E-state index contributed by atoms with van der Waals surface area (Å²) in [6.45, 7) is 4.17. The normalized spacial score (nSPS) is 10.8. The van der Waals surface area contributed by atoms with Gasteiger partial charge in [-0.25, -0.2) is 9.37 Å². The zero-order chi connectivity index (χ0) is 20.1. The molecule has 3 rings (SSSR count). The van der Waals surface area contributed by atoms with Crippen LogP contribution in [0.1, 0.15) is 5.56 Å². The highest BCUT2D eigenvalue weighted by Crippen LogP contribution is 2.19. The third kappa shape index (κ3) is 4.31. The molecule has 1 amide bonds. The van der Waals surface area contributed by atoms with Crippen molar-refractivity contribution in [2.75, 3.05) is 12.8 Å². The van der Waals surface area contributed by atoms with Gasteiger partial charge in [0, 0.05) is 25.7 Å². The lowest BCUT2D eigenvalue weighted by molar-refractivity contribution is -0.127. The first-order valence-corrected chi connectivity index (χ1v) is 9.70. The van der Waals surface area contributed by atoms with Gasteiger partial charge in [-0.3, -0.25) is 14.2 Å². The number of nitrogens with zero attached hydrogens (tertiary/aromatic N) is 3. The molecule has 0 spiro atoms. The van der Waals surface area contributed by atoms with E-state index < -0.39 is 0 Å². The summed E-state index contributed by atoms with van der Waals surface area (Å²) in [5, 5.41) is 0.980. The van der Waals surface area contributed by atoms with Gasteiger partial charge in [0.1, 0.15) is 5.82 Å². The summed E-state index contributed by atoms with van der Waals surface area (Å²) in [7, 11) is 1.62. The Bertz CT molecular complexity index is 1080. The number of para-hydroxylation sites is 1. The molecule has 2 aromatic carbocycles. The zero-order valence-electron chi connectivity index (χ0n) is 15.5. The van der Waals surface area contributed by atoms with Gasteiger partial charge in [0.05, 0.1) is 16.7 Å². The number of rotatable bonds is 7. The van der Waals surface area contributed by atoms with Gasteiger partial charge in [-0.1, -0.05) is 48.2 Å². The first-order valence-electron chi connectivity index (χ1n) is 8.72. The third-order valence-electron chi connectivity index (χ3n) is 4.25. The molecule has 0 bridgehead atoms. The first kappa shape index (κ1) is 19.8. The summed E-state index contributed by atoms with van der Waals surface area (Å²) in [6, 6.07) is 13.5. The van der Waals surface area contributed by atoms with E-state index in [1.807, 2.05) is 6.07 Å². The van der Waals surface area contributed by atoms with E-state index in [0.29, 0.717) is 28.2 Å². The van der Waals surface area contributed by atoms with Crippen LogP contribution in [-0.2, 0) is 17.9 Å². The number of hydrogen-bond donors (Lipinski definition) is 0. The van der Waals surface area contributed by atoms with Crippen molar-refractivity contribution in [2.24, 2.45) is 0 Å². The Kier molecular flexibility index (Phi) is 6.26. The van der Waals surface area contributed by atoms with Crippen molar-refractivity contribution in [1.29, 1.82) is 0 Å². The van der Waals surface area contributed by atoms with E-state index in [1.165, 1.54) is 27.3 Å². The molecule has 0 aliphatic carbocycles. The monoisotopic (exact) mass is 397 g/mol. The van der Waals surface area contributed by atoms with Crippen molar-refractivity contribution in [3.8, 4) is 0 Å². The SMILES string of the molecule is C=CCn1c(SCC(=O)N(C)Cc2ccccc2F)nc2ccccc2c1=O. The molecule has 0 unspecified atom stereocenters. The Labute approximate surface area is 166 Å². The van der Waals surface area contributed by atoms with Crippen LogP contribution in [0.3, 0.4) is 0 Å². The highest BCUT2D eigenvalue weighted by molar-refractivity contribution is 7.99. The van der Waals surface area contributed by atoms with Gasteiger partial charge in [0.15, 0.2) is 5.16 Å². The van der Waals surface area contributed by atoms with Crippen LogP contribution in [0.4, 0.5) is 4.39 Å². The minimum Gasteiger partial charge on any atom is -0.341 e. The summed E-state index contributed by atoms with van der Waals surface area (Å²) < 4.78 is 15.3. The molecule has 1 heterocycles. The fourth-order valence-electron chi connectivity index (χ4n) is 2.75. The number of thioether (sulfide) groups is 1. The quantitative estimate of drug-likeness (QED) is 0.348. The standard InChI is InChI=1S/C21H20FN3O2S/c1-3-12-25-20(27)16-9-5-7-11-18(16)23-21(25)28-14-19(26)24(2)13-15-8-4-6-10-17(15)22/h3-11H,1,12-14H2,2H3. The number of hydrogen-bond acceptors (Lipinski definition) is 4. The van der Waals surface area contributed by atoms with Crippen LogP contribution in [-0.4, -0.2) is 33.2 Å². The molecule has 5 nitrogen and oxygen atoms in total. The van der Waals surface area contributed by atoms with Crippen LogP contribution in [0.5, 0.6) is 0 Å². The van der Waals surface area contributed by atoms with Crippen LogP contribution >= 0.6 is 11.8 Å². The molecule has 7 heteroatoms. The maximum atomic E-state index is 13.8. The molecule has 0 atom stereocenters. The summed E-state index contributed by atoms with van der Waals surface area (Å²) in [6.07, 6.45) is 1.62. The Morgan fingerprint density at radius 3 is 2.71 bits per heavy atom. The van der Waals surface area contributed by atoms with Gasteiger partial charge >= 0.3 is 0 Å². The number of halogens is 1. The molecule has 0 saturated carbocycles. The smallest absolute Gasteiger partial charge is 0.262 e. The average Bonchev–Trinajstić information content (AvgIpc) is 2.70. The summed E-state index contributed by atoms with van der Waals surface area (Å²) in [5.74, 6) is -0.431. The summed E-state index contributed by atoms with van der Waals surface area (Å²) in [4.78, 5) is 31.2. The molecule has 0 fully saturated rings. The Morgan fingerprint density at radius 1 is 1.25 bits per heavy atom. The second-order valence-corrected chi connectivity index (χ2v) is 7.19. The predicted octanol–water partition coefficient (Wildman–Crippen LogP) is 3.47. The molecule has 0 aliphatic heterocycles. The third-order valence-corrected chi connectivity index (χ3v) is 5.22. The van der Waals surface area contributed by atoms with E-state index >= 15 is 0 Å². The van der Waals surface area contributed by atoms with Gasteiger partial charge < -0.3 is 4.90 Å². The van der Waals surface area contributed by atoms with Crippen molar-refractivity contribution in [3.05, 3.63) is 82.9 Å². The summed E-state index contributed by atoms with van der Waals surface area (Å²) >= 11 is 1.19. The fraction of sp³-hybridized carbons (Fsp3) is 0.190. The molecular formula is C21H20FN3O2S. The maximum absolute atomic E-state index is 13.8. The lowest BCUT2D eigenvalue weighted by Crippen LogP contribution is -2.29. The van der Waals surface area contributed by atoms with Crippen LogP contribution in [0.25, 0.3) is 10.9 Å². The fourth-order valence-corrected chi connectivity index (χ4v) is 3.70. The first-order chi connectivity index (χ1) is 13.5. The molecule has 1 aromatic heterocycles. The molecule has 0 radical (unpaired) electrons. The number of amides is 1. The number of allylic oxidation sites excluding steroid dienone is 1. The van der Waals surface area contributed by atoms with Crippen molar-refractivity contribution in [1.82, 2.24) is 14.5 Å². The Hall–Kier alpha value is -2.93. The highest BCUT2D eigenvalue weighted by Gasteiger charge is 2.15. The predicted molar refractivity (Wildman–Crippen MR) is 110 cm³/mol. The van der Waals surface area contributed by atoms with E-state index in [0.717, 1.165) is 0 Å². The van der Waals surface area contributed by atoms with Crippen LogP contribution in [0.2, 0.25) is 0 Å². The minimum absolute atomic E-state index is 0.0902. The van der Waals surface area contributed by atoms with Gasteiger partial charge in [0.2, 0.25) is 5.91 Å². The van der Waals surface area contributed by atoms with Crippen LogP contribution in [0.15, 0.2) is 71.1 Å². The van der Waals surface area contributed by atoms with Crippen molar-refractivity contribution in [2.45, 2.75) is 18.2 Å². The molecule has 0 N–H and O–H groups in total. The van der Waals surface area contributed by atoms with Crippen LogP contribution < -0.4 is 5.56 Å².